The van der Waals surface area contributed by atoms with E-state index in [9.17, 15) is 14.0 Å². The minimum absolute atomic E-state index is 0.0117. The quantitative estimate of drug-likeness (QED) is 0.477. The Hall–Kier alpha value is -2.22. The van der Waals surface area contributed by atoms with Crippen molar-refractivity contribution >= 4 is 11.8 Å². The number of rotatable bonds is 3. The van der Waals surface area contributed by atoms with Crippen molar-refractivity contribution < 1.29 is 18.7 Å². The molecular weight excluding hydrogens is 249 g/mol. The predicted octanol–water partition coefficient (Wildman–Crippen LogP) is 2.61. The van der Waals surface area contributed by atoms with Crippen LogP contribution in [-0.2, 0) is 9.53 Å². The second kappa shape index (κ2) is 5.61. The van der Waals surface area contributed by atoms with Crippen molar-refractivity contribution in [3.8, 4) is 6.07 Å². The van der Waals surface area contributed by atoms with Crippen molar-refractivity contribution in [1.82, 2.24) is 0 Å². The van der Waals surface area contributed by atoms with Crippen LogP contribution in [-0.4, -0.2) is 17.4 Å². The molecule has 0 fully saturated rings. The van der Waals surface area contributed by atoms with Gasteiger partial charge >= 0.3 is 5.97 Å². The number of hydrogen-bond donors (Lipinski definition) is 0. The Morgan fingerprint density at radius 1 is 1.32 bits per heavy atom. The van der Waals surface area contributed by atoms with Gasteiger partial charge in [0.05, 0.1) is 11.6 Å². The van der Waals surface area contributed by atoms with Gasteiger partial charge in [0.15, 0.2) is 5.78 Å². The maximum absolute atomic E-state index is 13.2. The molecule has 19 heavy (non-hydrogen) atoms. The number of nitriles is 1. The van der Waals surface area contributed by atoms with Crippen LogP contribution in [0.4, 0.5) is 4.39 Å². The van der Waals surface area contributed by atoms with Crippen molar-refractivity contribution in [3.05, 3.63) is 35.1 Å². The van der Waals surface area contributed by atoms with E-state index in [0.29, 0.717) is 0 Å². The number of halogens is 1. The highest BCUT2D eigenvalue weighted by molar-refractivity contribution is 6.06. The van der Waals surface area contributed by atoms with Crippen molar-refractivity contribution in [2.24, 2.45) is 0 Å². The number of Topliss-reactive ketones (excluding diaryl/α,β-unsaturated/α-hetero) is 1. The van der Waals surface area contributed by atoms with Crippen LogP contribution in [0.3, 0.4) is 0 Å². The fourth-order valence-electron chi connectivity index (χ4n) is 1.43. The van der Waals surface area contributed by atoms with Crippen molar-refractivity contribution in [3.63, 3.8) is 0 Å². The standard InChI is InChI=1S/C14H14FNO3/c1-14(2,3)19-13(18)7-12(17)10-4-9(8-16)5-11(15)6-10/h4-6H,7H2,1-3H3. The second-order valence-corrected chi connectivity index (χ2v) is 5.03. The van der Waals surface area contributed by atoms with Gasteiger partial charge in [-0.05, 0) is 39.0 Å². The van der Waals surface area contributed by atoms with E-state index in [1.807, 2.05) is 0 Å². The summed E-state index contributed by atoms with van der Waals surface area (Å²) in [6, 6.07) is 5.00. The molecule has 0 bridgehead atoms. The maximum Gasteiger partial charge on any atom is 0.314 e. The molecule has 0 saturated heterocycles. The summed E-state index contributed by atoms with van der Waals surface area (Å²) in [4.78, 5) is 23.3. The third kappa shape index (κ3) is 4.88. The van der Waals surface area contributed by atoms with Crippen molar-refractivity contribution in [1.29, 1.82) is 5.26 Å². The number of ketones is 1. The Balaban J connectivity index is 2.82. The second-order valence-electron chi connectivity index (χ2n) is 5.03. The number of hydrogen-bond acceptors (Lipinski definition) is 4. The van der Waals surface area contributed by atoms with Gasteiger partial charge in [0, 0.05) is 5.56 Å². The highest BCUT2D eigenvalue weighted by atomic mass is 19.1. The topological polar surface area (TPSA) is 67.2 Å². The largest absolute Gasteiger partial charge is 0.460 e. The Kier molecular flexibility index (Phi) is 4.38. The molecule has 1 aromatic rings. The lowest BCUT2D eigenvalue weighted by Gasteiger charge is -2.19. The first-order chi connectivity index (χ1) is 8.71. The number of carbonyl (C=O) groups excluding carboxylic acids is 2. The normalized spacial score (nSPS) is 10.7. The van der Waals surface area contributed by atoms with E-state index in [2.05, 4.69) is 0 Å². The van der Waals surface area contributed by atoms with Crippen LogP contribution in [0.25, 0.3) is 0 Å². The number of benzene rings is 1. The summed E-state index contributed by atoms with van der Waals surface area (Å²) >= 11 is 0. The Labute approximate surface area is 110 Å². The highest BCUT2D eigenvalue weighted by Gasteiger charge is 2.20. The van der Waals surface area contributed by atoms with Gasteiger partial charge < -0.3 is 4.74 Å². The lowest BCUT2D eigenvalue weighted by atomic mass is 10.1. The summed E-state index contributed by atoms with van der Waals surface area (Å²) in [6.45, 7) is 5.06. The lowest BCUT2D eigenvalue weighted by Crippen LogP contribution is -2.25. The van der Waals surface area contributed by atoms with Gasteiger partial charge in [-0.15, -0.1) is 0 Å². The van der Waals surface area contributed by atoms with Crippen molar-refractivity contribution in [2.45, 2.75) is 32.8 Å². The first-order valence-electron chi connectivity index (χ1n) is 5.67. The van der Waals surface area contributed by atoms with Gasteiger partial charge in [-0.1, -0.05) is 0 Å². The zero-order chi connectivity index (χ0) is 14.6. The van der Waals surface area contributed by atoms with E-state index < -0.39 is 29.6 Å². The molecule has 1 aromatic carbocycles. The number of ether oxygens (including phenoxy) is 1. The molecule has 0 saturated carbocycles. The first-order valence-corrected chi connectivity index (χ1v) is 5.67. The van der Waals surface area contributed by atoms with E-state index in [0.717, 1.165) is 12.1 Å². The van der Waals surface area contributed by atoms with Gasteiger partial charge in [0.2, 0.25) is 0 Å². The molecule has 0 atom stereocenters. The summed E-state index contributed by atoms with van der Waals surface area (Å²) in [7, 11) is 0. The number of carbonyl (C=O) groups is 2. The van der Waals surface area contributed by atoms with Crippen LogP contribution in [0.1, 0.15) is 43.1 Å². The predicted molar refractivity (Wildman–Crippen MR) is 65.9 cm³/mol. The summed E-state index contributed by atoms with van der Waals surface area (Å²) in [6.07, 6.45) is -0.481. The van der Waals surface area contributed by atoms with Gasteiger partial charge in [-0.25, -0.2) is 4.39 Å². The molecule has 0 heterocycles. The minimum atomic E-state index is -0.688. The van der Waals surface area contributed by atoms with E-state index >= 15 is 0 Å². The minimum Gasteiger partial charge on any atom is -0.460 e. The van der Waals surface area contributed by atoms with Gasteiger partial charge in [0.25, 0.3) is 0 Å². The maximum atomic E-state index is 13.2. The molecule has 0 aliphatic heterocycles. The van der Waals surface area contributed by atoms with E-state index in [4.69, 9.17) is 10.00 Å². The van der Waals surface area contributed by atoms with E-state index in [-0.39, 0.29) is 11.1 Å². The van der Waals surface area contributed by atoms with E-state index in [1.54, 1.807) is 26.8 Å². The van der Waals surface area contributed by atoms with Crippen LogP contribution in [0.2, 0.25) is 0 Å². The molecule has 5 heteroatoms. The third-order valence-electron chi connectivity index (χ3n) is 2.07. The smallest absolute Gasteiger partial charge is 0.314 e. The van der Waals surface area contributed by atoms with Crippen LogP contribution in [0, 0.1) is 17.1 Å². The molecule has 0 N–H and O–H groups in total. The first kappa shape index (κ1) is 14.8. The number of nitrogens with zero attached hydrogens (tertiary/aromatic N) is 1. The number of esters is 1. The summed E-state index contributed by atoms with van der Waals surface area (Å²) in [5, 5.41) is 8.68. The Bertz CT molecular complexity index is 553. The third-order valence-corrected chi connectivity index (χ3v) is 2.07. The van der Waals surface area contributed by atoms with E-state index in [1.165, 1.54) is 6.07 Å². The molecule has 4 nitrogen and oxygen atoms in total. The molecule has 0 spiro atoms. The van der Waals surface area contributed by atoms with Gasteiger partial charge in [-0.2, -0.15) is 5.26 Å². The van der Waals surface area contributed by atoms with Crippen LogP contribution >= 0.6 is 0 Å². The molecule has 100 valence electrons. The SMILES string of the molecule is CC(C)(C)OC(=O)CC(=O)c1cc(F)cc(C#N)c1. The molecule has 0 aliphatic carbocycles. The molecule has 0 radical (unpaired) electrons. The Morgan fingerprint density at radius 3 is 2.47 bits per heavy atom. The lowest BCUT2D eigenvalue weighted by molar-refractivity contribution is -0.153. The van der Waals surface area contributed by atoms with Crippen LogP contribution < -0.4 is 0 Å². The fourth-order valence-corrected chi connectivity index (χ4v) is 1.43. The Morgan fingerprint density at radius 2 is 1.95 bits per heavy atom. The summed E-state index contributed by atoms with van der Waals surface area (Å²) in [5.74, 6) is -1.95. The zero-order valence-corrected chi connectivity index (χ0v) is 11.0. The van der Waals surface area contributed by atoms with Gasteiger partial charge in [-0.3, -0.25) is 9.59 Å². The molecule has 0 aromatic heterocycles. The van der Waals surface area contributed by atoms with Gasteiger partial charge in [0.1, 0.15) is 17.8 Å². The summed E-state index contributed by atoms with van der Waals surface area (Å²) < 4.78 is 18.2. The average Bonchev–Trinajstić information content (AvgIpc) is 2.25. The zero-order valence-electron chi connectivity index (χ0n) is 11.0. The highest BCUT2D eigenvalue weighted by Crippen LogP contribution is 2.13. The fraction of sp³-hybridized carbons (Fsp3) is 0.357. The van der Waals surface area contributed by atoms with Crippen molar-refractivity contribution in [2.75, 3.05) is 0 Å². The summed E-state index contributed by atoms with van der Waals surface area (Å²) in [5.41, 5.74) is -0.660. The average molecular weight is 263 g/mol. The molecule has 1 rings (SSSR count). The van der Waals surface area contributed by atoms with Crippen LogP contribution in [0.5, 0.6) is 0 Å². The molecule has 0 unspecified atom stereocenters. The molecule has 0 aliphatic rings. The molecular formula is C14H14FNO3. The van der Waals surface area contributed by atoms with Crippen LogP contribution in [0.15, 0.2) is 18.2 Å². The monoisotopic (exact) mass is 263 g/mol. The molecule has 0 amide bonds.